The van der Waals surface area contributed by atoms with Crippen LogP contribution in [0.1, 0.15) is 17.6 Å². The highest BCUT2D eigenvalue weighted by atomic mass is 32.1. The smallest absolute Gasteiger partial charge is 0.131 e. The lowest BCUT2D eigenvalue weighted by Gasteiger charge is -2.12. The van der Waals surface area contributed by atoms with E-state index < -0.39 is 0 Å². The van der Waals surface area contributed by atoms with Crippen LogP contribution in [0.2, 0.25) is 0 Å². The van der Waals surface area contributed by atoms with E-state index in [4.69, 9.17) is 0 Å². The summed E-state index contributed by atoms with van der Waals surface area (Å²) in [5, 5.41) is 9.13. The molecule has 0 saturated carbocycles. The molecule has 1 unspecified atom stereocenters. The molecule has 2 rings (SSSR count). The van der Waals surface area contributed by atoms with E-state index in [-0.39, 0.29) is 6.04 Å². The minimum absolute atomic E-state index is 0.0220. The largest absolute Gasteiger partial charge is 0.336 e. The second-order valence-corrected chi connectivity index (χ2v) is 3.56. The van der Waals surface area contributed by atoms with Gasteiger partial charge in [-0.15, -0.1) is 5.10 Å². The first-order valence-electron chi connectivity index (χ1n) is 4.24. The number of hydrogen-bond donors (Lipinski definition) is 1. The molecule has 2 aromatic rings. The van der Waals surface area contributed by atoms with Crippen LogP contribution in [0.4, 0.5) is 0 Å². The molecule has 74 valence electrons. The Morgan fingerprint density at radius 2 is 2.43 bits per heavy atom. The molecule has 2 heterocycles. The molecule has 0 aliphatic rings. The highest BCUT2D eigenvalue weighted by Crippen LogP contribution is 2.17. The number of rotatable bonds is 3. The van der Waals surface area contributed by atoms with Gasteiger partial charge in [0.1, 0.15) is 17.6 Å². The van der Waals surface area contributed by atoms with E-state index in [0.29, 0.717) is 0 Å². The first-order chi connectivity index (χ1) is 6.83. The first kappa shape index (κ1) is 9.29. The standard InChI is InChI=1S/C8H11N5S/c1-9-7(6-5-14-12-11-6)8-10-3-4-13(8)2/h3-5,7,9H,1-2H3. The van der Waals surface area contributed by atoms with Gasteiger partial charge in [0.25, 0.3) is 0 Å². The van der Waals surface area contributed by atoms with Crippen LogP contribution in [-0.2, 0) is 7.05 Å². The number of hydrogen-bond acceptors (Lipinski definition) is 5. The van der Waals surface area contributed by atoms with Gasteiger partial charge in [0.05, 0.1) is 0 Å². The summed E-state index contributed by atoms with van der Waals surface area (Å²) >= 11 is 1.35. The van der Waals surface area contributed by atoms with E-state index in [1.807, 2.05) is 30.2 Å². The molecule has 6 heteroatoms. The minimum Gasteiger partial charge on any atom is -0.336 e. The molecular formula is C8H11N5S. The van der Waals surface area contributed by atoms with Gasteiger partial charge < -0.3 is 9.88 Å². The summed E-state index contributed by atoms with van der Waals surface area (Å²) in [6.07, 6.45) is 3.69. The molecule has 0 aliphatic carbocycles. The monoisotopic (exact) mass is 209 g/mol. The molecule has 14 heavy (non-hydrogen) atoms. The molecule has 0 spiro atoms. The van der Waals surface area contributed by atoms with Gasteiger partial charge in [0.15, 0.2) is 0 Å². The van der Waals surface area contributed by atoms with Crippen molar-refractivity contribution in [2.75, 3.05) is 7.05 Å². The fourth-order valence-electron chi connectivity index (χ4n) is 1.36. The quantitative estimate of drug-likeness (QED) is 0.803. The van der Waals surface area contributed by atoms with Gasteiger partial charge in [-0.25, -0.2) is 4.98 Å². The number of nitrogens with one attached hydrogen (secondary N) is 1. The van der Waals surface area contributed by atoms with E-state index >= 15 is 0 Å². The van der Waals surface area contributed by atoms with Crippen LogP contribution in [0.3, 0.4) is 0 Å². The summed E-state index contributed by atoms with van der Waals surface area (Å²) in [6.45, 7) is 0. The maximum atomic E-state index is 4.28. The van der Waals surface area contributed by atoms with Crippen molar-refractivity contribution in [1.29, 1.82) is 0 Å². The van der Waals surface area contributed by atoms with Crippen LogP contribution >= 0.6 is 11.5 Å². The van der Waals surface area contributed by atoms with Crippen LogP contribution in [0.15, 0.2) is 17.8 Å². The average molecular weight is 209 g/mol. The van der Waals surface area contributed by atoms with Gasteiger partial charge in [0.2, 0.25) is 0 Å². The summed E-state index contributed by atoms with van der Waals surface area (Å²) in [7, 11) is 3.85. The maximum absolute atomic E-state index is 4.28. The fraction of sp³-hybridized carbons (Fsp3) is 0.375. The summed E-state index contributed by atoms with van der Waals surface area (Å²) < 4.78 is 5.82. The predicted octanol–water partition coefficient (Wildman–Crippen LogP) is 0.580. The molecule has 0 saturated heterocycles. The van der Waals surface area contributed by atoms with E-state index in [0.717, 1.165) is 11.5 Å². The Hall–Kier alpha value is -1.27. The third-order valence-corrected chi connectivity index (χ3v) is 2.60. The molecule has 5 nitrogen and oxygen atoms in total. The Labute approximate surface area is 86.0 Å². The van der Waals surface area contributed by atoms with Crippen LogP contribution in [0.25, 0.3) is 0 Å². The van der Waals surface area contributed by atoms with Crippen molar-refractivity contribution in [3.8, 4) is 0 Å². The predicted molar refractivity (Wildman–Crippen MR) is 54.0 cm³/mol. The van der Waals surface area contributed by atoms with Gasteiger partial charge in [0, 0.05) is 24.8 Å². The molecule has 0 aromatic carbocycles. The molecule has 0 radical (unpaired) electrons. The number of aromatic nitrogens is 4. The van der Waals surface area contributed by atoms with Crippen molar-refractivity contribution in [3.05, 3.63) is 29.3 Å². The lowest BCUT2D eigenvalue weighted by Crippen LogP contribution is -2.21. The Morgan fingerprint density at radius 1 is 1.57 bits per heavy atom. The number of nitrogens with zero attached hydrogens (tertiary/aromatic N) is 4. The van der Waals surface area contributed by atoms with E-state index in [1.54, 1.807) is 6.20 Å². The van der Waals surface area contributed by atoms with Crippen molar-refractivity contribution in [3.63, 3.8) is 0 Å². The third kappa shape index (κ3) is 1.53. The highest BCUT2D eigenvalue weighted by Gasteiger charge is 2.18. The van der Waals surface area contributed by atoms with Crippen molar-refractivity contribution in [1.82, 2.24) is 24.5 Å². The van der Waals surface area contributed by atoms with Gasteiger partial charge in [-0.1, -0.05) is 4.49 Å². The van der Waals surface area contributed by atoms with Crippen LogP contribution in [0, 0.1) is 0 Å². The van der Waals surface area contributed by atoms with E-state index in [1.165, 1.54) is 11.5 Å². The van der Waals surface area contributed by atoms with Crippen molar-refractivity contribution in [2.24, 2.45) is 7.05 Å². The van der Waals surface area contributed by atoms with Crippen molar-refractivity contribution >= 4 is 11.5 Å². The summed E-state index contributed by atoms with van der Waals surface area (Å²) in [5.41, 5.74) is 0.909. The number of aryl methyl sites for hydroxylation is 1. The lowest BCUT2D eigenvalue weighted by molar-refractivity contribution is 0.601. The Kier molecular flexibility index (Phi) is 2.55. The molecule has 0 aliphatic heterocycles. The zero-order chi connectivity index (χ0) is 9.97. The van der Waals surface area contributed by atoms with Crippen molar-refractivity contribution in [2.45, 2.75) is 6.04 Å². The topological polar surface area (TPSA) is 55.6 Å². The SMILES string of the molecule is CNC(c1csnn1)c1nccn1C. The minimum atomic E-state index is 0.0220. The van der Waals surface area contributed by atoms with E-state index in [2.05, 4.69) is 19.9 Å². The Balaban J connectivity index is 2.36. The molecular weight excluding hydrogens is 198 g/mol. The maximum Gasteiger partial charge on any atom is 0.131 e. The van der Waals surface area contributed by atoms with Crippen molar-refractivity contribution < 1.29 is 0 Å². The van der Waals surface area contributed by atoms with Gasteiger partial charge in [-0.05, 0) is 18.6 Å². The zero-order valence-electron chi connectivity index (χ0n) is 8.01. The second-order valence-electron chi connectivity index (χ2n) is 2.95. The van der Waals surface area contributed by atoms with Gasteiger partial charge >= 0.3 is 0 Å². The summed E-state index contributed by atoms with van der Waals surface area (Å²) in [4.78, 5) is 4.28. The molecule has 2 aromatic heterocycles. The molecule has 0 bridgehead atoms. The zero-order valence-corrected chi connectivity index (χ0v) is 8.82. The summed E-state index contributed by atoms with van der Waals surface area (Å²) in [6, 6.07) is 0.0220. The van der Waals surface area contributed by atoms with Crippen LogP contribution in [0.5, 0.6) is 0 Å². The molecule has 0 fully saturated rings. The number of imidazole rings is 1. The first-order valence-corrected chi connectivity index (χ1v) is 5.08. The lowest BCUT2D eigenvalue weighted by atomic mass is 10.2. The fourth-order valence-corrected chi connectivity index (χ4v) is 1.84. The van der Waals surface area contributed by atoms with Gasteiger partial charge in [-0.3, -0.25) is 0 Å². The average Bonchev–Trinajstić information content (AvgIpc) is 2.80. The molecule has 1 atom stereocenters. The van der Waals surface area contributed by atoms with Crippen LogP contribution < -0.4 is 5.32 Å². The summed E-state index contributed by atoms with van der Waals surface area (Å²) in [5.74, 6) is 0.945. The normalized spacial score (nSPS) is 13.0. The highest BCUT2D eigenvalue weighted by molar-refractivity contribution is 7.03. The second kappa shape index (κ2) is 3.85. The Bertz CT molecular complexity index is 394. The third-order valence-electron chi connectivity index (χ3n) is 2.08. The molecule has 0 amide bonds. The van der Waals surface area contributed by atoms with E-state index in [9.17, 15) is 0 Å². The molecule has 1 N–H and O–H groups in total. The Morgan fingerprint density at radius 3 is 2.93 bits per heavy atom. The van der Waals surface area contributed by atoms with Gasteiger partial charge in [-0.2, -0.15) is 0 Å². The van der Waals surface area contributed by atoms with Crippen LogP contribution in [-0.4, -0.2) is 26.2 Å².